The van der Waals surface area contributed by atoms with Crippen LogP contribution in [0.5, 0.6) is 5.75 Å². The Bertz CT molecular complexity index is 1500. The van der Waals surface area contributed by atoms with Crippen molar-refractivity contribution >= 4 is 27.7 Å². The maximum Gasteiger partial charge on any atom is 0.251 e. The molecule has 0 spiro atoms. The molecule has 5 heteroatoms. The number of carbonyl (C=O) groups excluding carboxylic acids is 1. The molecule has 5 nitrogen and oxygen atoms in total. The lowest BCUT2D eigenvalue weighted by Gasteiger charge is -2.11. The number of aryl methyl sites for hydroxylation is 3. The molecule has 0 saturated heterocycles. The fourth-order valence-electron chi connectivity index (χ4n) is 4.83. The lowest BCUT2D eigenvalue weighted by molar-refractivity contribution is 0.0953. The molecular formula is C33H35N3O2. The van der Waals surface area contributed by atoms with Crippen molar-refractivity contribution in [2.24, 2.45) is 0 Å². The van der Waals surface area contributed by atoms with E-state index in [1.54, 1.807) is 0 Å². The Labute approximate surface area is 224 Å². The van der Waals surface area contributed by atoms with Crippen molar-refractivity contribution < 1.29 is 9.53 Å². The molecule has 5 rings (SSSR count). The predicted molar refractivity (Wildman–Crippen MR) is 155 cm³/mol. The second kappa shape index (κ2) is 12.4. The van der Waals surface area contributed by atoms with Crippen molar-refractivity contribution in [3.05, 3.63) is 108 Å². The summed E-state index contributed by atoms with van der Waals surface area (Å²) in [5.74, 6) is 2.03. The van der Waals surface area contributed by atoms with Gasteiger partial charge < -0.3 is 14.6 Å². The minimum Gasteiger partial charge on any atom is -0.494 e. The molecule has 0 saturated carbocycles. The molecule has 0 aliphatic carbocycles. The highest BCUT2D eigenvalue weighted by Crippen LogP contribution is 2.22. The summed E-state index contributed by atoms with van der Waals surface area (Å²) < 4.78 is 8.42. The van der Waals surface area contributed by atoms with Crippen LogP contribution in [-0.4, -0.2) is 28.6 Å². The minimum absolute atomic E-state index is 0.00213. The molecule has 4 aromatic carbocycles. The molecule has 38 heavy (non-hydrogen) atoms. The van der Waals surface area contributed by atoms with Gasteiger partial charge in [-0.25, -0.2) is 4.98 Å². The van der Waals surface area contributed by atoms with E-state index in [9.17, 15) is 4.79 Å². The Kier molecular flexibility index (Phi) is 8.34. The summed E-state index contributed by atoms with van der Waals surface area (Å²) >= 11 is 0. The van der Waals surface area contributed by atoms with Gasteiger partial charge in [0.2, 0.25) is 0 Å². The Morgan fingerprint density at radius 2 is 1.63 bits per heavy atom. The Hall–Kier alpha value is -4.12. The van der Waals surface area contributed by atoms with Gasteiger partial charge in [-0.05, 0) is 73.4 Å². The van der Waals surface area contributed by atoms with Crippen molar-refractivity contribution in [3.8, 4) is 5.75 Å². The number of unbranched alkanes of at least 4 members (excludes halogenated alkanes) is 2. The summed E-state index contributed by atoms with van der Waals surface area (Å²) in [4.78, 5) is 17.2. The first kappa shape index (κ1) is 25.5. The highest BCUT2D eigenvalue weighted by atomic mass is 16.5. The number of aromatic nitrogens is 2. The van der Waals surface area contributed by atoms with Crippen LogP contribution in [0.15, 0.2) is 91.0 Å². The fourth-order valence-corrected chi connectivity index (χ4v) is 4.83. The lowest BCUT2D eigenvalue weighted by Crippen LogP contribution is -2.24. The van der Waals surface area contributed by atoms with E-state index in [2.05, 4.69) is 64.5 Å². The van der Waals surface area contributed by atoms with Crippen molar-refractivity contribution in [1.82, 2.24) is 14.9 Å². The number of carbonyl (C=O) groups is 1. The Balaban J connectivity index is 1.10. The normalized spacial score (nSPS) is 11.2. The largest absolute Gasteiger partial charge is 0.494 e. The highest BCUT2D eigenvalue weighted by molar-refractivity contribution is 5.94. The molecule has 0 bridgehead atoms. The maximum absolute atomic E-state index is 12.3. The zero-order chi connectivity index (χ0) is 26.2. The number of fused-ring (bicyclic) bond motifs is 2. The first-order chi connectivity index (χ1) is 18.7. The Morgan fingerprint density at radius 3 is 2.50 bits per heavy atom. The maximum atomic E-state index is 12.3. The first-order valence-corrected chi connectivity index (χ1v) is 13.6. The van der Waals surface area contributed by atoms with Gasteiger partial charge in [-0.15, -0.1) is 0 Å². The third kappa shape index (κ3) is 6.41. The smallest absolute Gasteiger partial charge is 0.251 e. The van der Waals surface area contributed by atoms with Crippen molar-refractivity contribution in [2.45, 2.75) is 45.6 Å². The number of rotatable bonds is 12. The molecule has 194 valence electrons. The van der Waals surface area contributed by atoms with Crippen molar-refractivity contribution in [2.75, 3.05) is 13.2 Å². The van der Waals surface area contributed by atoms with E-state index in [1.165, 1.54) is 16.3 Å². The van der Waals surface area contributed by atoms with Crippen LogP contribution in [0.4, 0.5) is 0 Å². The number of nitrogens with one attached hydrogen (secondary N) is 1. The Morgan fingerprint density at radius 1 is 0.842 bits per heavy atom. The number of para-hydroxylation sites is 2. The second-order valence-corrected chi connectivity index (χ2v) is 9.81. The average molecular weight is 506 g/mol. The van der Waals surface area contributed by atoms with E-state index in [0.29, 0.717) is 18.7 Å². The van der Waals surface area contributed by atoms with Crippen molar-refractivity contribution in [1.29, 1.82) is 0 Å². The number of nitrogens with zero attached hydrogens (tertiary/aromatic N) is 2. The van der Waals surface area contributed by atoms with E-state index in [1.807, 2.05) is 43.3 Å². The quantitative estimate of drug-likeness (QED) is 0.184. The van der Waals surface area contributed by atoms with Crippen LogP contribution in [0.25, 0.3) is 21.8 Å². The van der Waals surface area contributed by atoms with Crippen LogP contribution >= 0.6 is 0 Å². The van der Waals surface area contributed by atoms with Crippen LogP contribution in [-0.2, 0) is 13.0 Å². The van der Waals surface area contributed by atoms with E-state index in [4.69, 9.17) is 9.72 Å². The van der Waals surface area contributed by atoms with E-state index < -0.39 is 0 Å². The van der Waals surface area contributed by atoms with Gasteiger partial charge in [0.1, 0.15) is 11.6 Å². The molecule has 1 aromatic heterocycles. The standard InChI is InChI=1S/C33H35N3O2/c1-25-15-17-27(18-16-25)33(37)34-21-8-2-3-14-32-35-30-12-6-7-13-31(30)36(32)22-9-23-38-29-20-19-26-10-4-5-11-28(26)24-29/h4-7,10-13,15-20,24H,2-3,8-9,14,21-23H2,1H3,(H,34,37). The predicted octanol–water partition coefficient (Wildman–Crippen LogP) is 7.11. The molecule has 0 aliphatic heterocycles. The van der Waals surface area contributed by atoms with Gasteiger partial charge >= 0.3 is 0 Å². The summed E-state index contributed by atoms with van der Waals surface area (Å²) in [5, 5.41) is 5.46. The SMILES string of the molecule is Cc1ccc(C(=O)NCCCCCc2nc3ccccc3n2CCCOc2ccc3ccccc3c2)cc1. The van der Waals surface area contributed by atoms with Gasteiger partial charge in [0.05, 0.1) is 17.6 Å². The fraction of sp³-hybridized carbons (Fsp3) is 0.273. The minimum atomic E-state index is -0.00213. The second-order valence-electron chi connectivity index (χ2n) is 9.81. The van der Waals surface area contributed by atoms with Gasteiger partial charge in [-0.2, -0.15) is 0 Å². The summed E-state index contributed by atoms with van der Waals surface area (Å²) in [7, 11) is 0. The number of hydrogen-bond acceptors (Lipinski definition) is 3. The summed E-state index contributed by atoms with van der Waals surface area (Å²) in [6.45, 7) is 4.24. The van der Waals surface area contributed by atoms with Gasteiger partial charge in [-0.1, -0.05) is 66.6 Å². The van der Waals surface area contributed by atoms with E-state index in [-0.39, 0.29) is 5.91 Å². The van der Waals surface area contributed by atoms with Crippen LogP contribution < -0.4 is 10.1 Å². The molecule has 1 heterocycles. The molecule has 1 amide bonds. The number of imidazole rings is 1. The number of ether oxygens (including phenoxy) is 1. The van der Waals surface area contributed by atoms with Crippen LogP contribution in [0.3, 0.4) is 0 Å². The molecule has 0 radical (unpaired) electrons. The third-order valence-corrected chi connectivity index (χ3v) is 6.93. The van der Waals surface area contributed by atoms with E-state index >= 15 is 0 Å². The molecule has 0 fully saturated rings. The number of hydrogen-bond donors (Lipinski definition) is 1. The molecule has 0 atom stereocenters. The number of benzene rings is 4. The molecule has 0 aliphatic rings. The zero-order valence-corrected chi connectivity index (χ0v) is 22.0. The lowest BCUT2D eigenvalue weighted by atomic mass is 10.1. The summed E-state index contributed by atoms with van der Waals surface area (Å²) in [5.41, 5.74) is 4.10. The third-order valence-electron chi connectivity index (χ3n) is 6.93. The van der Waals surface area contributed by atoms with Crippen LogP contribution in [0, 0.1) is 6.92 Å². The monoisotopic (exact) mass is 505 g/mol. The molecule has 1 N–H and O–H groups in total. The van der Waals surface area contributed by atoms with Gasteiger partial charge in [0, 0.05) is 25.1 Å². The highest BCUT2D eigenvalue weighted by Gasteiger charge is 2.10. The average Bonchev–Trinajstić information content (AvgIpc) is 3.30. The summed E-state index contributed by atoms with van der Waals surface area (Å²) in [6.07, 6.45) is 4.87. The van der Waals surface area contributed by atoms with Crippen molar-refractivity contribution in [3.63, 3.8) is 0 Å². The topological polar surface area (TPSA) is 56.2 Å². The number of amides is 1. The molecular weight excluding hydrogens is 470 g/mol. The molecule has 5 aromatic rings. The summed E-state index contributed by atoms with van der Waals surface area (Å²) in [6, 6.07) is 30.7. The van der Waals surface area contributed by atoms with E-state index in [0.717, 1.165) is 61.3 Å². The molecule has 0 unspecified atom stereocenters. The van der Waals surface area contributed by atoms with Crippen LogP contribution in [0.1, 0.15) is 47.4 Å². The van der Waals surface area contributed by atoms with Gasteiger partial charge in [-0.3, -0.25) is 4.79 Å². The zero-order valence-electron chi connectivity index (χ0n) is 22.0. The van der Waals surface area contributed by atoms with Gasteiger partial charge in [0.15, 0.2) is 0 Å². The first-order valence-electron chi connectivity index (χ1n) is 13.6. The van der Waals surface area contributed by atoms with Gasteiger partial charge in [0.25, 0.3) is 5.91 Å². The van der Waals surface area contributed by atoms with Crippen LogP contribution in [0.2, 0.25) is 0 Å².